The van der Waals surface area contributed by atoms with E-state index in [4.69, 9.17) is 9.47 Å². The second-order valence-electron chi connectivity index (χ2n) is 5.59. The average Bonchev–Trinajstić information content (AvgIpc) is 2.66. The fourth-order valence-electron chi connectivity index (χ4n) is 2.48. The summed E-state index contributed by atoms with van der Waals surface area (Å²) < 4.78 is 36.7. The summed E-state index contributed by atoms with van der Waals surface area (Å²) in [5.41, 5.74) is 0.566. The van der Waals surface area contributed by atoms with E-state index in [-0.39, 0.29) is 30.6 Å². The number of nitrogens with zero attached hydrogens (tertiary/aromatic N) is 1. The molecule has 0 atom stereocenters. The Labute approximate surface area is 155 Å². The number of carbonyl (C=O) groups is 2. The summed E-state index contributed by atoms with van der Waals surface area (Å²) in [6.07, 6.45) is 0. The first-order chi connectivity index (χ1) is 12.9. The van der Waals surface area contributed by atoms with Gasteiger partial charge in [-0.1, -0.05) is 0 Å². The molecule has 0 aromatic heterocycles. The molecule has 0 fully saturated rings. The van der Waals surface area contributed by atoms with Gasteiger partial charge in [0, 0.05) is 37.3 Å². The van der Waals surface area contributed by atoms with Crippen molar-refractivity contribution >= 4 is 17.5 Å². The van der Waals surface area contributed by atoms with Crippen molar-refractivity contribution in [1.29, 1.82) is 0 Å². The lowest BCUT2D eigenvalue weighted by Crippen LogP contribution is -2.37. The van der Waals surface area contributed by atoms with Crippen LogP contribution in [0.25, 0.3) is 0 Å². The highest BCUT2D eigenvalue weighted by atomic mass is 19.2. The van der Waals surface area contributed by atoms with Crippen LogP contribution in [0.2, 0.25) is 0 Å². The largest absolute Gasteiger partial charge is 0.493 e. The van der Waals surface area contributed by atoms with Gasteiger partial charge in [-0.3, -0.25) is 9.59 Å². The third-order valence-electron chi connectivity index (χ3n) is 3.86. The molecule has 0 aliphatic carbocycles. The van der Waals surface area contributed by atoms with Crippen LogP contribution in [0.4, 0.5) is 14.5 Å². The number of rotatable bonds is 7. The van der Waals surface area contributed by atoms with Gasteiger partial charge in [-0.2, -0.15) is 0 Å². The Morgan fingerprint density at radius 3 is 2.30 bits per heavy atom. The zero-order valence-electron chi connectivity index (χ0n) is 15.2. The quantitative estimate of drug-likeness (QED) is 0.805. The van der Waals surface area contributed by atoms with Gasteiger partial charge in [0.1, 0.15) is 0 Å². The van der Waals surface area contributed by atoms with E-state index < -0.39 is 11.6 Å². The molecule has 2 rings (SSSR count). The molecule has 144 valence electrons. The number of benzene rings is 2. The molecule has 0 unspecified atom stereocenters. The third-order valence-corrected chi connectivity index (χ3v) is 3.86. The first-order valence-corrected chi connectivity index (χ1v) is 8.10. The number of amides is 2. The molecular weight excluding hydrogens is 358 g/mol. The van der Waals surface area contributed by atoms with Crippen molar-refractivity contribution in [2.24, 2.45) is 0 Å². The van der Waals surface area contributed by atoms with E-state index in [0.29, 0.717) is 17.1 Å². The maximum absolute atomic E-state index is 13.4. The van der Waals surface area contributed by atoms with Crippen LogP contribution in [0.1, 0.15) is 17.3 Å². The highest BCUT2D eigenvalue weighted by Crippen LogP contribution is 2.27. The minimum absolute atomic E-state index is 0.0967. The topological polar surface area (TPSA) is 67.9 Å². The van der Waals surface area contributed by atoms with E-state index in [0.717, 1.165) is 12.1 Å². The lowest BCUT2D eigenvalue weighted by Gasteiger charge is -2.21. The monoisotopic (exact) mass is 378 g/mol. The molecule has 8 heteroatoms. The molecule has 0 spiro atoms. The van der Waals surface area contributed by atoms with E-state index in [1.54, 1.807) is 12.1 Å². The van der Waals surface area contributed by atoms with Crippen molar-refractivity contribution in [2.75, 3.05) is 32.2 Å². The molecule has 0 bridgehead atoms. The number of halogens is 2. The van der Waals surface area contributed by atoms with E-state index >= 15 is 0 Å². The van der Waals surface area contributed by atoms with Crippen LogP contribution in [-0.4, -0.2) is 39.1 Å². The van der Waals surface area contributed by atoms with Crippen LogP contribution < -0.4 is 19.7 Å². The summed E-state index contributed by atoms with van der Waals surface area (Å²) in [6.45, 7) is 1.52. The molecule has 0 aliphatic rings. The van der Waals surface area contributed by atoms with Gasteiger partial charge in [0.05, 0.1) is 14.2 Å². The standard InChI is InChI=1S/C19H20F2N2O4/c1-12(24)23(14-5-6-15(20)16(21)11-14)9-8-22-19(25)13-4-7-17(26-2)18(10-13)27-3/h4-7,10-11H,8-9H2,1-3H3,(H,22,25). The Kier molecular flexibility index (Phi) is 6.70. The van der Waals surface area contributed by atoms with Crippen LogP contribution in [-0.2, 0) is 4.79 Å². The zero-order valence-corrected chi connectivity index (χ0v) is 15.2. The minimum Gasteiger partial charge on any atom is -0.493 e. The van der Waals surface area contributed by atoms with Gasteiger partial charge in [0.15, 0.2) is 23.1 Å². The van der Waals surface area contributed by atoms with Crippen LogP contribution in [0.15, 0.2) is 36.4 Å². The Balaban J connectivity index is 2.03. The van der Waals surface area contributed by atoms with E-state index in [1.165, 1.54) is 38.2 Å². The first-order valence-electron chi connectivity index (χ1n) is 8.10. The number of hydrogen-bond acceptors (Lipinski definition) is 4. The minimum atomic E-state index is -1.05. The summed E-state index contributed by atoms with van der Waals surface area (Å²) in [7, 11) is 2.96. The molecule has 0 saturated carbocycles. The fraction of sp³-hybridized carbons (Fsp3) is 0.263. The molecular formula is C19H20F2N2O4. The van der Waals surface area contributed by atoms with Crippen molar-refractivity contribution in [1.82, 2.24) is 5.32 Å². The Bertz CT molecular complexity index is 842. The number of carbonyl (C=O) groups excluding carboxylic acids is 2. The van der Waals surface area contributed by atoms with Gasteiger partial charge in [-0.05, 0) is 30.3 Å². The highest BCUT2D eigenvalue weighted by Gasteiger charge is 2.15. The van der Waals surface area contributed by atoms with Gasteiger partial charge in [-0.25, -0.2) is 8.78 Å². The zero-order chi connectivity index (χ0) is 20.0. The van der Waals surface area contributed by atoms with Gasteiger partial charge in [0.2, 0.25) is 5.91 Å². The number of methoxy groups -OCH3 is 2. The van der Waals surface area contributed by atoms with Gasteiger partial charge < -0.3 is 19.7 Å². The Morgan fingerprint density at radius 2 is 1.70 bits per heavy atom. The van der Waals surface area contributed by atoms with Crippen LogP contribution >= 0.6 is 0 Å². The molecule has 0 aliphatic heterocycles. The SMILES string of the molecule is COc1ccc(C(=O)NCCN(C(C)=O)c2ccc(F)c(F)c2)cc1OC. The Hall–Kier alpha value is -3.16. The van der Waals surface area contributed by atoms with Crippen LogP contribution in [0.5, 0.6) is 11.5 Å². The van der Waals surface area contributed by atoms with E-state index in [9.17, 15) is 18.4 Å². The summed E-state index contributed by atoms with van der Waals surface area (Å²) in [5.74, 6) is -1.87. The highest BCUT2D eigenvalue weighted by molar-refractivity contribution is 5.95. The normalized spacial score (nSPS) is 10.3. The maximum atomic E-state index is 13.4. The molecule has 2 aromatic carbocycles. The number of anilines is 1. The van der Waals surface area contributed by atoms with Crippen molar-refractivity contribution in [2.45, 2.75) is 6.92 Å². The molecule has 2 amide bonds. The average molecular weight is 378 g/mol. The second-order valence-corrected chi connectivity index (χ2v) is 5.59. The smallest absolute Gasteiger partial charge is 0.251 e. The summed E-state index contributed by atoms with van der Waals surface area (Å²) in [6, 6.07) is 7.91. The third kappa shape index (κ3) is 4.93. The molecule has 27 heavy (non-hydrogen) atoms. The summed E-state index contributed by atoms with van der Waals surface area (Å²) in [4.78, 5) is 25.3. The molecule has 0 radical (unpaired) electrons. The Morgan fingerprint density at radius 1 is 1.00 bits per heavy atom. The summed E-state index contributed by atoms with van der Waals surface area (Å²) in [5, 5.41) is 2.67. The van der Waals surface area contributed by atoms with E-state index in [2.05, 4.69) is 5.32 Å². The van der Waals surface area contributed by atoms with Crippen molar-refractivity contribution in [3.05, 3.63) is 53.6 Å². The van der Waals surface area contributed by atoms with Crippen LogP contribution in [0.3, 0.4) is 0 Å². The van der Waals surface area contributed by atoms with Crippen molar-refractivity contribution < 1.29 is 27.8 Å². The van der Waals surface area contributed by atoms with Gasteiger partial charge in [0.25, 0.3) is 5.91 Å². The number of ether oxygens (including phenoxy) is 2. The second kappa shape index (κ2) is 8.98. The fourth-order valence-corrected chi connectivity index (χ4v) is 2.48. The van der Waals surface area contributed by atoms with Gasteiger partial charge >= 0.3 is 0 Å². The number of nitrogens with one attached hydrogen (secondary N) is 1. The van der Waals surface area contributed by atoms with Crippen molar-refractivity contribution in [3.63, 3.8) is 0 Å². The molecule has 0 saturated heterocycles. The van der Waals surface area contributed by atoms with Gasteiger partial charge in [-0.15, -0.1) is 0 Å². The molecule has 1 N–H and O–H groups in total. The predicted octanol–water partition coefficient (Wildman–Crippen LogP) is 2.76. The summed E-state index contributed by atoms with van der Waals surface area (Å²) >= 11 is 0. The maximum Gasteiger partial charge on any atom is 0.251 e. The van der Waals surface area contributed by atoms with E-state index in [1.807, 2.05) is 0 Å². The lowest BCUT2D eigenvalue weighted by molar-refractivity contribution is -0.116. The van der Waals surface area contributed by atoms with Crippen LogP contribution in [0, 0.1) is 11.6 Å². The molecule has 2 aromatic rings. The number of hydrogen-bond donors (Lipinski definition) is 1. The lowest BCUT2D eigenvalue weighted by atomic mass is 10.2. The predicted molar refractivity (Wildman–Crippen MR) is 96.3 cm³/mol. The van der Waals surface area contributed by atoms with Crippen molar-refractivity contribution in [3.8, 4) is 11.5 Å². The molecule has 6 nitrogen and oxygen atoms in total. The first kappa shape index (κ1) is 20.2. The molecule has 0 heterocycles.